The average molecular weight is 298 g/mol. The average Bonchev–Trinajstić information content (AvgIpc) is 2.62. The Labute approximate surface area is 131 Å². The standard InChI is InChI=1S/C17H22N4O/c1-14(15-5-3-6-16(13-15)22-2)20-9-11-21(12-10-20)17-18-7-4-8-19-17/h3-8,13-14H,9-12H2,1-2H3. The Morgan fingerprint density at radius 1 is 1.05 bits per heavy atom. The number of hydrogen-bond donors (Lipinski definition) is 0. The van der Waals surface area contributed by atoms with Crippen molar-refractivity contribution in [3.8, 4) is 5.75 Å². The molecule has 1 unspecified atom stereocenters. The molecule has 0 spiro atoms. The number of hydrogen-bond acceptors (Lipinski definition) is 5. The van der Waals surface area contributed by atoms with Crippen molar-refractivity contribution in [2.24, 2.45) is 0 Å². The molecular weight excluding hydrogens is 276 g/mol. The first-order valence-corrected chi connectivity index (χ1v) is 7.68. The molecule has 1 saturated heterocycles. The molecule has 0 saturated carbocycles. The molecule has 1 aromatic carbocycles. The molecule has 3 rings (SSSR count). The number of aromatic nitrogens is 2. The second kappa shape index (κ2) is 6.75. The molecule has 0 radical (unpaired) electrons. The van der Waals surface area contributed by atoms with Gasteiger partial charge >= 0.3 is 0 Å². The molecule has 22 heavy (non-hydrogen) atoms. The van der Waals surface area contributed by atoms with Crippen molar-refractivity contribution in [2.75, 3.05) is 38.2 Å². The van der Waals surface area contributed by atoms with Gasteiger partial charge < -0.3 is 9.64 Å². The molecule has 0 aliphatic carbocycles. The number of ether oxygens (including phenoxy) is 1. The van der Waals surface area contributed by atoms with Crippen LogP contribution < -0.4 is 9.64 Å². The first-order valence-electron chi connectivity index (χ1n) is 7.68. The van der Waals surface area contributed by atoms with Crippen LogP contribution in [0.3, 0.4) is 0 Å². The van der Waals surface area contributed by atoms with Crippen LogP contribution in [0.2, 0.25) is 0 Å². The number of rotatable bonds is 4. The molecule has 5 heteroatoms. The molecule has 0 N–H and O–H groups in total. The summed E-state index contributed by atoms with van der Waals surface area (Å²) in [7, 11) is 1.71. The molecule has 5 nitrogen and oxygen atoms in total. The summed E-state index contributed by atoms with van der Waals surface area (Å²) in [5.74, 6) is 1.75. The maximum atomic E-state index is 5.32. The fourth-order valence-corrected chi connectivity index (χ4v) is 2.88. The van der Waals surface area contributed by atoms with Gasteiger partial charge in [0.15, 0.2) is 0 Å². The van der Waals surface area contributed by atoms with Crippen LogP contribution in [0.1, 0.15) is 18.5 Å². The summed E-state index contributed by atoms with van der Waals surface area (Å²) in [6.07, 6.45) is 3.60. The van der Waals surface area contributed by atoms with Crippen LogP contribution in [0.25, 0.3) is 0 Å². The van der Waals surface area contributed by atoms with E-state index in [4.69, 9.17) is 4.74 Å². The zero-order valence-electron chi connectivity index (χ0n) is 13.1. The summed E-state index contributed by atoms with van der Waals surface area (Å²) in [5, 5.41) is 0. The molecule has 2 aromatic rings. The van der Waals surface area contributed by atoms with Gasteiger partial charge in [0.2, 0.25) is 5.95 Å². The molecule has 0 bridgehead atoms. The third-order valence-corrected chi connectivity index (χ3v) is 4.27. The summed E-state index contributed by atoms with van der Waals surface area (Å²) in [6, 6.07) is 10.6. The van der Waals surface area contributed by atoms with E-state index in [2.05, 4.69) is 44.9 Å². The monoisotopic (exact) mass is 298 g/mol. The molecule has 2 heterocycles. The Hall–Kier alpha value is -2.14. The smallest absolute Gasteiger partial charge is 0.225 e. The van der Waals surface area contributed by atoms with Gasteiger partial charge in [-0.05, 0) is 30.7 Å². The normalized spacial score (nSPS) is 17.3. The third-order valence-electron chi connectivity index (χ3n) is 4.27. The van der Waals surface area contributed by atoms with Crippen molar-refractivity contribution in [1.82, 2.24) is 14.9 Å². The molecular formula is C17H22N4O. The number of methoxy groups -OCH3 is 1. The highest BCUT2D eigenvalue weighted by Crippen LogP contribution is 2.25. The summed E-state index contributed by atoms with van der Waals surface area (Å²) in [6.45, 7) is 6.19. The van der Waals surface area contributed by atoms with Gasteiger partial charge in [0.1, 0.15) is 5.75 Å². The third kappa shape index (κ3) is 3.20. The Morgan fingerprint density at radius 3 is 2.45 bits per heavy atom. The minimum absolute atomic E-state index is 0.383. The van der Waals surface area contributed by atoms with Crippen LogP contribution in [0.5, 0.6) is 5.75 Å². The lowest BCUT2D eigenvalue weighted by Gasteiger charge is -2.38. The Bertz CT molecular complexity index is 597. The maximum absolute atomic E-state index is 5.32. The number of anilines is 1. The van der Waals surface area contributed by atoms with Crippen LogP contribution in [0.15, 0.2) is 42.7 Å². The highest BCUT2D eigenvalue weighted by atomic mass is 16.5. The quantitative estimate of drug-likeness (QED) is 0.867. The summed E-state index contributed by atoms with van der Waals surface area (Å²) in [4.78, 5) is 13.4. The summed E-state index contributed by atoms with van der Waals surface area (Å²) < 4.78 is 5.32. The topological polar surface area (TPSA) is 41.5 Å². The number of nitrogens with zero attached hydrogens (tertiary/aromatic N) is 4. The highest BCUT2D eigenvalue weighted by Gasteiger charge is 2.23. The van der Waals surface area contributed by atoms with Crippen LogP contribution in [-0.2, 0) is 0 Å². The van der Waals surface area contributed by atoms with Gasteiger partial charge in [0.05, 0.1) is 7.11 Å². The Morgan fingerprint density at radius 2 is 1.77 bits per heavy atom. The van der Waals surface area contributed by atoms with Gasteiger partial charge in [-0.1, -0.05) is 12.1 Å². The van der Waals surface area contributed by atoms with Gasteiger partial charge in [-0.15, -0.1) is 0 Å². The van der Waals surface area contributed by atoms with Gasteiger partial charge in [-0.25, -0.2) is 9.97 Å². The zero-order valence-corrected chi connectivity index (χ0v) is 13.1. The molecule has 1 aromatic heterocycles. The summed E-state index contributed by atoms with van der Waals surface area (Å²) in [5.41, 5.74) is 1.30. The lowest BCUT2D eigenvalue weighted by Crippen LogP contribution is -2.47. The van der Waals surface area contributed by atoms with E-state index in [1.54, 1.807) is 19.5 Å². The van der Waals surface area contributed by atoms with E-state index in [9.17, 15) is 0 Å². The minimum Gasteiger partial charge on any atom is -0.497 e. The van der Waals surface area contributed by atoms with E-state index in [1.807, 2.05) is 12.1 Å². The molecule has 116 valence electrons. The number of piperazine rings is 1. The van der Waals surface area contributed by atoms with Crippen LogP contribution in [-0.4, -0.2) is 48.2 Å². The van der Waals surface area contributed by atoms with Crippen molar-refractivity contribution < 1.29 is 4.74 Å². The van der Waals surface area contributed by atoms with Crippen molar-refractivity contribution in [1.29, 1.82) is 0 Å². The Kier molecular flexibility index (Phi) is 4.53. The largest absolute Gasteiger partial charge is 0.497 e. The van der Waals surface area contributed by atoms with Crippen LogP contribution in [0.4, 0.5) is 5.95 Å². The molecule has 1 atom stereocenters. The zero-order chi connectivity index (χ0) is 15.4. The van der Waals surface area contributed by atoms with E-state index in [-0.39, 0.29) is 0 Å². The van der Waals surface area contributed by atoms with E-state index >= 15 is 0 Å². The second-order valence-corrected chi connectivity index (χ2v) is 5.52. The molecule has 1 fully saturated rings. The van der Waals surface area contributed by atoms with Crippen LogP contribution >= 0.6 is 0 Å². The first kappa shape index (κ1) is 14.8. The minimum atomic E-state index is 0.383. The van der Waals surface area contributed by atoms with Gasteiger partial charge in [0.25, 0.3) is 0 Å². The van der Waals surface area contributed by atoms with E-state index in [1.165, 1.54) is 5.56 Å². The van der Waals surface area contributed by atoms with E-state index < -0.39 is 0 Å². The van der Waals surface area contributed by atoms with Gasteiger partial charge in [0, 0.05) is 44.6 Å². The van der Waals surface area contributed by atoms with Crippen molar-refractivity contribution in [2.45, 2.75) is 13.0 Å². The van der Waals surface area contributed by atoms with Crippen molar-refractivity contribution in [3.63, 3.8) is 0 Å². The highest BCUT2D eigenvalue weighted by molar-refractivity contribution is 5.32. The van der Waals surface area contributed by atoms with E-state index in [0.717, 1.165) is 37.9 Å². The van der Waals surface area contributed by atoms with Gasteiger partial charge in [-0.2, -0.15) is 0 Å². The second-order valence-electron chi connectivity index (χ2n) is 5.52. The van der Waals surface area contributed by atoms with Crippen molar-refractivity contribution >= 4 is 5.95 Å². The molecule has 1 aliphatic heterocycles. The fraction of sp³-hybridized carbons (Fsp3) is 0.412. The Balaban J connectivity index is 1.63. The SMILES string of the molecule is COc1cccc(C(C)N2CCN(c3ncccn3)CC2)c1. The van der Waals surface area contributed by atoms with Gasteiger partial charge in [-0.3, -0.25) is 4.90 Å². The lowest BCUT2D eigenvalue weighted by atomic mass is 10.1. The van der Waals surface area contributed by atoms with Crippen LogP contribution in [0, 0.1) is 0 Å². The summed E-state index contributed by atoms with van der Waals surface area (Å²) >= 11 is 0. The molecule has 0 amide bonds. The first-order chi connectivity index (χ1) is 10.8. The molecule has 1 aliphatic rings. The predicted octanol–water partition coefficient (Wildman–Crippen LogP) is 2.37. The van der Waals surface area contributed by atoms with E-state index in [0.29, 0.717) is 6.04 Å². The predicted molar refractivity (Wildman–Crippen MR) is 87.2 cm³/mol. The maximum Gasteiger partial charge on any atom is 0.225 e. The number of benzene rings is 1. The van der Waals surface area contributed by atoms with Crippen molar-refractivity contribution in [3.05, 3.63) is 48.3 Å². The lowest BCUT2D eigenvalue weighted by molar-refractivity contribution is 0.197. The fourth-order valence-electron chi connectivity index (χ4n) is 2.88.